The first-order chi connectivity index (χ1) is 12.7. The van der Waals surface area contributed by atoms with Gasteiger partial charge in [0.05, 0.1) is 16.3 Å². The molecule has 0 bridgehead atoms. The molecular formula is C17H10BrClN4O2S. The minimum absolute atomic E-state index is 0.382. The van der Waals surface area contributed by atoms with Crippen molar-refractivity contribution in [2.24, 2.45) is 0 Å². The molecule has 2 aromatic heterocycles. The van der Waals surface area contributed by atoms with Crippen LogP contribution in [0.5, 0.6) is 0 Å². The molecule has 130 valence electrons. The molecule has 0 saturated heterocycles. The Morgan fingerprint density at radius 1 is 1.00 bits per heavy atom. The fourth-order valence-electron chi connectivity index (χ4n) is 2.16. The summed E-state index contributed by atoms with van der Waals surface area (Å²) in [4.78, 5) is 4.35. The van der Waals surface area contributed by atoms with Gasteiger partial charge in [-0.3, -0.25) is 0 Å². The monoisotopic (exact) mass is 448 g/mol. The Labute approximate surface area is 166 Å². The van der Waals surface area contributed by atoms with E-state index in [1.807, 2.05) is 42.5 Å². The van der Waals surface area contributed by atoms with Crippen molar-refractivity contribution < 1.29 is 8.94 Å². The molecule has 2 heterocycles. The number of nitrogens with zero attached hydrogens (tertiary/aromatic N) is 4. The van der Waals surface area contributed by atoms with E-state index in [0.29, 0.717) is 39.2 Å². The van der Waals surface area contributed by atoms with E-state index in [9.17, 15) is 0 Å². The van der Waals surface area contributed by atoms with Gasteiger partial charge in [0.15, 0.2) is 5.82 Å². The van der Waals surface area contributed by atoms with Crippen molar-refractivity contribution in [1.29, 1.82) is 0 Å². The van der Waals surface area contributed by atoms with Gasteiger partial charge in [-0.15, -0.1) is 10.2 Å². The SMILES string of the molecule is Clc1ccccc1-c1nc(CSc2nnc(-c3ccc(Br)cc3)o2)no1. The molecule has 0 atom stereocenters. The van der Waals surface area contributed by atoms with E-state index < -0.39 is 0 Å². The molecule has 2 aromatic carbocycles. The van der Waals surface area contributed by atoms with Gasteiger partial charge >= 0.3 is 0 Å². The van der Waals surface area contributed by atoms with Gasteiger partial charge in [0.2, 0.25) is 5.89 Å². The quantitative estimate of drug-likeness (QED) is 0.372. The standard InChI is InChI=1S/C17H10BrClN4O2S/c18-11-7-5-10(6-8-11)15-21-22-17(24-15)26-9-14-20-16(25-23-14)12-3-1-2-4-13(12)19/h1-8H,9H2. The number of rotatable bonds is 5. The van der Waals surface area contributed by atoms with Gasteiger partial charge in [0.1, 0.15) is 0 Å². The van der Waals surface area contributed by atoms with Crippen molar-refractivity contribution in [3.05, 3.63) is 63.9 Å². The zero-order valence-electron chi connectivity index (χ0n) is 13.1. The largest absolute Gasteiger partial charge is 0.411 e. The van der Waals surface area contributed by atoms with E-state index >= 15 is 0 Å². The number of benzene rings is 2. The first-order valence-corrected chi connectivity index (χ1v) is 9.64. The predicted molar refractivity (Wildman–Crippen MR) is 102 cm³/mol. The second-order valence-corrected chi connectivity index (χ2v) is 7.41. The molecule has 0 amide bonds. The number of aromatic nitrogens is 4. The van der Waals surface area contributed by atoms with Gasteiger partial charge in [-0.1, -0.05) is 56.6 Å². The van der Waals surface area contributed by atoms with Crippen molar-refractivity contribution in [3.63, 3.8) is 0 Å². The average Bonchev–Trinajstić information content (AvgIpc) is 3.30. The van der Waals surface area contributed by atoms with Crippen LogP contribution in [0.1, 0.15) is 5.82 Å². The topological polar surface area (TPSA) is 77.8 Å². The van der Waals surface area contributed by atoms with E-state index in [0.717, 1.165) is 10.0 Å². The lowest BCUT2D eigenvalue weighted by atomic mass is 10.2. The van der Waals surface area contributed by atoms with Crippen LogP contribution in [0, 0.1) is 0 Å². The minimum atomic E-state index is 0.382. The van der Waals surface area contributed by atoms with Crippen LogP contribution in [-0.4, -0.2) is 20.3 Å². The summed E-state index contributed by atoms with van der Waals surface area (Å²) in [5, 5.41) is 13.1. The van der Waals surface area contributed by atoms with Crippen LogP contribution in [0.25, 0.3) is 22.9 Å². The van der Waals surface area contributed by atoms with Crippen molar-refractivity contribution in [1.82, 2.24) is 20.3 Å². The molecule has 0 fully saturated rings. The molecule has 4 aromatic rings. The second kappa shape index (κ2) is 7.61. The molecule has 0 aliphatic carbocycles. The summed E-state index contributed by atoms with van der Waals surface area (Å²) in [7, 11) is 0. The average molecular weight is 450 g/mol. The number of hydrogen-bond donors (Lipinski definition) is 0. The number of halogens is 2. The molecule has 26 heavy (non-hydrogen) atoms. The van der Waals surface area contributed by atoms with Crippen molar-refractivity contribution >= 4 is 39.3 Å². The maximum absolute atomic E-state index is 6.14. The zero-order chi connectivity index (χ0) is 17.9. The summed E-state index contributed by atoms with van der Waals surface area (Å²) in [5.41, 5.74) is 1.56. The zero-order valence-corrected chi connectivity index (χ0v) is 16.3. The fourth-order valence-corrected chi connectivity index (χ4v) is 3.25. The fraction of sp³-hybridized carbons (Fsp3) is 0.0588. The second-order valence-electron chi connectivity index (χ2n) is 5.16. The third kappa shape index (κ3) is 3.82. The Morgan fingerprint density at radius 3 is 2.62 bits per heavy atom. The third-order valence-electron chi connectivity index (χ3n) is 3.39. The van der Waals surface area contributed by atoms with Crippen LogP contribution in [0.15, 0.2) is 67.2 Å². The smallest absolute Gasteiger partial charge is 0.277 e. The Hall–Kier alpha value is -2.16. The summed E-state index contributed by atoms with van der Waals surface area (Å²) >= 11 is 10.9. The lowest BCUT2D eigenvalue weighted by Gasteiger charge is -1.95. The van der Waals surface area contributed by atoms with Crippen molar-refractivity contribution in [2.45, 2.75) is 11.0 Å². The summed E-state index contributed by atoms with van der Waals surface area (Å²) in [5.74, 6) is 1.81. The molecule has 0 aliphatic heterocycles. The molecule has 0 radical (unpaired) electrons. The Balaban J connectivity index is 1.44. The highest BCUT2D eigenvalue weighted by Gasteiger charge is 2.14. The molecule has 4 rings (SSSR count). The van der Waals surface area contributed by atoms with E-state index in [1.54, 1.807) is 6.07 Å². The molecule has 6 nitrogen and oxygen atoms in total. The Morgan fingerprint density at radius 2 is 1.81 bits per heavy atom. The van der Waals surface area contributed by atoms with Crippen LogP contribution >= 0.6 is 39.3 Å². The van der Waals surface area contributed by atoms with Crippen molar-refractivity contribution in [2.75, 3.05) is 0 Å². The summed E-state index contributed by atoms with van der Waals surface area (Å²) in [6, 6.07) is 15.0. The van der Waals surface area contributed by atoms with Crippen LogP contribution in [0.2, 0.25) is 5.02 Å². The highest BCUT2D eigenvalue weighted by Crippen LogP contribution is 2.28. The molecule has 0 N–H and O–H groups in total. The highest BCUT2D eigenvalue weighted by molar-refractivity contribution is 9.10. The summed E-state index contributed by atoms with van der Waals surface area (Å²) < 4.78 is 11.9. The minimum Gasteiger partial charge on any atom is -0.411 e. The van der Waals surface area contributed by atoms with Gasteiger partial charge in [-0.05, 0) is 36.4 Å². The number of thioether (sulfide) groups is 1. The molecule has 0 unspecified atom stereocenters. The van der Waals surface area contributed by atoms with Gasteiger partial charge in [-0.2, -0.15) is 4.98 Å². The Bertz CT molecular complexity index is 1040. The summed E-state index contributed by atoms with van der Waals surface area (Å²) in [6.07, 6.45) is 0. The maximum Gasteiger partial charge on any atom is 0.277 e. The van der Waals surface area contributed by atoms with Gasteiger partial charge in [-0.25, -0.2) is 0 Å². The molecule has 9 heteroatoms. The lowest BCUT2D eigenvalue weighted by molar-refractivity contribution is 0.425. The van der Waals surface area contributed by atoms with E-state index in [1.165, 1.54) is 11.8 Å². The first kappa shape index (κ1) is 17.3. The molecule has 0 saturated carbocycles. The molecule has 0 spiro atoms. The summed E-state index contributed by atoms with van der Waals surface area (Å²) in [6.45, 7) is 0. The van der Waals surface area contributed by atoms with Crippen LogP contribution < -0.4 is 0 Å². The van der Waals surface area contributed by atoms with E-state index in [4.69, 9.17) is 20.5 Å². The van der Waals surface area contributed by atoms with E-state index in [-0.39, 0.29) is 0 Å². The maximum atomic E-state index is 6.14. The van der Waals surface area contributed by atoms with Crippen LogP contribution in [0.4, 0.5) is 0 Å². The first-order valence-electron chi connectivity index (χ1n) is 7.49. The van der Waals surface area contributed by atoms with Gasteiger partial charge in [0, 0.05) is 10.0 Å². The normalized spacial score (nSPS) is 11.0. The highest BCUT2D eigenvalue weighted by atomic mass is 79.9. The van der Waals surface area contributed by atoms with Gasteiger partial charge in [0.25, 0.3) is 11.1 Å². The van der Waals surface area contributed by atoms with Crippen LogP contribution in [0.3, 0.4) is 0 Å². The van der Waals surface area contributed by atoms with E-state index in [2.05, 4.69) is 36.3 Å². The van der Waals surface area contributed by atoms with Gasteiger partial charge < -0.3 is 8.94 Å². The number of hydrogen-bond acceptors (Lipinski definition) is 7. The molecular weight excluding hydrogens is 440 g/mol. The van der Waals surface area contributed by atoms with Crippen LogP contribution in [-0.2, 0) is 5.75 Å². The Kier molecular flexibility index (Phi) is 5.05. The predicted octanol–water partition coefficient (Wildman–Crippen LogP) is 5.49. The third-order valence-corrected chi connectivity index (χ3v) is 5.07. The van der Waals surface area contributed by atoms with Crippen molar-refractivity contribution in [3.8, 4) is 22.9 Å². The molecule has 0 aliphatic rings. The lowest BCUT2D eigenvalue weighted by Crippen LogP contribution is -1.85.